The van der Waals surface area contributed by atoms with Crippen molar-refractivity contribution in [3.8, 4) is 0 Å². The van der Waals surface area contributed by atoms with E-state index in [1.165, 1.54) is 0 Å². The molecule has 0 amide bonds. The Morgan fingerprint density at radius 3 is 2.71 bits per heavy atom. The van der Waals surface area contributed by atoms with Crippen LogP contribution in [0.15, 0.2) is 36.8 Å². The summed E-state index contributed by atoms with van der Waals surface area (Å²) in [5.41, 5.74) is 2.16. The highest BCUT2D eigenvalue weighted by molar-refractivity contribution is 14.1. The molecule has 0 aliphatic heterocycles. The Balaban J connectivity index is 2.34. The van der Waals surface area contributed by atoms with E-state index in [0.29, 0.717) is 0 Å². The lowest BCUT2D eigenvalue weighted by Crippen LogP contribution is -2.11. The van der Waals surface area contributed by atoms with E-state index in [1.807, 2.05) is 32.3 Å². The van der Waals surface area contributed by atoms with Crippen molar-refractivity contribution in [1.82, 2.24) is 9.97 Å². The minimum Gasteiger partial charge on any atom is -0.376 e. The summed E-state index contributed by atoms with van der Waals surface area (Å²) in [6.07, 6.45) is 3.33. The highest BCUT2D eigenvalue weighted by Gasteiger charge is 2.06. The number of benzene rings is 1. The van der Waals surface area contributed by atoms with Crippen LogP contribution in [-0.4, -0.2) is 24.1 Å². The third-order valence-corrected chi connectivity index (χ3v) is 3.10. The number of anilines is 3. The summed E-state index contributed by atoms with van der Waals surface area (Å²) in [5, 5.41) is 3.32. The van der Waals surface area contributed by atoms with Crippen LogP contribution in [0.2, 0.25) is 0 Å². The van der Waals surface area contributed by atoms with Crippen LogP contribution in [0.3, 0.4) is 0 Å². The van der Waals surface area contributed by atoms with Gasteiger partial charge in [-0.05, 0) is 34.7 Å². The van der Waals surface area contributed by atoms with Crippen molar-refractivity contribution in [2.75, 3.05) is 24.3 Å². The van der Waals surface area contributed by atoms with Crippen molar-refractivity contribution in [3.05, 3.63) is 40.4 Å². The molecule has 1 N–H and O–H groups in total. The fourth-order valence-corrected chi connectivity index (χ4v) is 1.94. The van der Waals surface area contributed by atoms with Gasteiger partial charge in [-0.3, -0.25) is 0 Å². The Bertz CT molecular complexity index is 513. The summed E-state index contributed by atoms with van der Waals surface area (Å²) >= 11 is 2.22. The number of nitrogens with zero attached hydrogens (tertiary/aromatic N) is 3. The first-order valence-corrected chi connectivity index (χ1v) is 6.25. The monoisotopic (exact) mass is 340 g/mol. The fraction of sp³-hybridized carbons (Fsp3) is 0.167. The maximum Gasteiger partial charge on any atom is 0.147 e. The molecule has 0 radical (unpaired) electrons. The zero-order chi connectivity index (χ0) is 12.3. The molecule has 1 heterocycles. The number of nitrogens with one attached hydrogen (secondary N) is 1. The van der Waals surface area contributed by atoms with Crippen LogP contribution in [0.4, 0.5) is 17.2 Å². The quantitative estimate of drug-likeness (QED) is 0.873. The molecule has 0 bridgehead atoms. The standard InChI is InChI=1S/C12H13IN4/c1-17(2)11-6-4-3-5-10(11)16-12-9(13)7-14-8-15-12/h3-8H,1-2H3,(H,14,15,16). The third kappa shape index (κ3) is 2.85. The fourth-order valence-electron chi connectivity index (χ4n) is 1.50. The van der Waals surface area contributed by atoms with Gasteiger partial charge in [-0.1, -0.05) is 12.1 Å². The lowest BCUT2D eigenvalue weighted by Gasteiger charge is -2.18. The van der Waals surface area contributed by atoms with Crippen molar-refractivity contribution >= 4 is 39.8 Å². The Morgan fingerprint density at radius 2 is 2.00 bits per heavy atom. The zero-order valence-corrected chi connectivity index (χ0v) is 11.8. The van der Waals surface area contributed by atoms with Crippen molar-refractivity contribution in [3.63, 3.8) is 0 Å². The molecule has 1 aromatic heterocycles. The van der Waals surface area contributed by atoms with Crippen LogP contribution in [-0.2, 0) is 0 Å². The number of rotatable bonds is 3. The molecule has 4 nitrogen and oxygen atoms in total. The lowest BCUT2D eigenvalue weighted by atomic mass is 10.2. The SMILES string of the molecule is CN(C)c1ccccc1Nc1ncncc1I. The lowest BCUT2D eigenvalue weighted by molar-refractivity contribution is 1.12. The van der Waals surface area contributed by atoms with Crippen molar-refractivity contribution < 1.29 is 0 Å². The predicted octanol–water partition coefficient (Wildman–Crippen LogP) is 2.89. The first-order valence-electron chi connectivity index (χ1n) is 5.17. The first kappa shape index (κ1) is 12.1. The molecule has 0 saturated heterocycles. The van der Waals surface area contributed by atoms with E-state index < -0.39 is 0 Å². The van der Waals surface area contributed by atoms with Gasteiger partial charge in [0.1, 0.15) is 12.1 Å². The smallest absolute Gasteiger partial charge is 0.147 e. The maximum atomic E-state index is 4.23. The van der Waals surface area contributed by atoms with E-state index in [1.54, 1.807) is 12.5 Å². The largest absolute Gasteiger partial charge is 0.376 e. The van der Waals surface area contributed by atoms with E-state index in [2.05, 4.69) is 48.8 Å². The summed E-state index contributed by atoms with van der Waals surface area (Å²) in [6, 6.07) is 8.12. The molecule has 2 aromatic rings. The van der Waals surface area contributed by atoms with Crippen molar-refractivity contribution in [2.24, 2.45) is 0 Å². The highest BCUT2D eigenvalue weighted by atomic mass is 127. The second-order valence-electron chi connectivity index (χ2n) is 3.76. The zero-order valence-electron chi connectivity index (χ0n) is 9.68. The minimum absolute atomic E-state index is 0.829. The summed E-state index contributed by atoms with van der Waals surface area (Å²) in [6.45, 7) is 0. The van der Waals surface area contributed by atoms with Crippen LogP contribution in [0, 0.1) is 3.57 Å². The van der Waals surface area contributed by atoms with Gasteiger partial charge >= 0.3 is 0 Å². The van der Waals surface area contributed by atoms with Gasteiger partial charge in [0.15, 0.2) is 0 Å². The Morgan fingerprint density at radius 1 is 1.24 bits per heavy atom. The Labute approximate surface area is 114 Å². The molecule has 0 aliphatic carbocycles. The van der Waals surface area contributed by atoms with E-state index >= 15 is 0 Å². The van der Waals surface area contributed by atoms with Gasteiger partial charge in [0.05, 0.1) is 14.9 Å². The van der Waals surface area contributed by atoms with Crippen molar-refractivity contribution in [2.45, 2.75) is 0 Å². The third-order valence-electron chi connectivity index (χ3n) is 2.31. The minimum atomic E-state index is 0.829. The summed E-state index contributed by atoms with van der Waals surface area (Å²) in [5.74, 6) is 0.829. The molecule has 0 atom stereocenters. The Hall–Kier alpha value is -1.37. The van der Waals surface area contributed by atoms with Crippen LogP contribution >= 0.6 is 22.6 Å². The molecule has 2 rings (SSSR count). The normalized spacial score (nSPS) is 10.1. The molecular formula is C12H13IN4. The molecule has 0 unspecified atom stereocenters. The first-order chi connectivity index (χ1) is 8.18. The number of para-hydroxylation sites is 2. The van der Waals surface area contributed by atoms with E-state index in [-0.39, 0.29) is 0 Å². The molecule has 0 saturated carbocycles. The average molecular weight is 340 g/mol. The number of hydrogen-bond donors (Lipinski definition) is 1. The second-order valence-corrected chi connectivity index (χ2v) is 4.92. The van der Waals surface area contributed by atoms with E-state index in [4.69, 9.17) is 0 Å². The summed E-state index contributed by atoms with van der Waals surface area (Å²) in [7, 11) is 4.04. The second kappa shape index (κ2) is 5.31. The van der Waals surface area contributed by atoms with Gasteiger partial charge in [-0.15, -0.1) is 0 Å². The molecule has 1 aromatic carbocycles. The van der Waals surface area contributed by atoms with Gasteiger partial charge < -0.3 is 10.2 Å². The predicted molar refractivity (Wildman–Crippen MR) is 78.8 cm³/mol. The maximum absolute atomic E-state index is 4.23. The van der Waals surface area contributed by atoms with E-state index in [9.17, 15) is 0 Å². The van der Waals surface area contributed by atoms with Gasteiger partial charge in [0, 0.05) is 20.3 Å². The van der Waals surface area contributed by atoms with Crippen molar-refractivity contribution in [1.29, 1.82) is 0 Å². The topological polar surface area (TPSA) is 41.0 Å². The number of halogens is 1. The van der Waals surface area contributed by atoms with Gasteiger partial charge in [-0.25, -0.2) is 9.97 Å². The van der Waals surface area contributed by atoms with Crippen LogP contribution in [0.25, 0.3) is 0 Å². The van der Waals surface area contributed by atoms with Gasteiger partial charge in [0.2, 0.25) is 0 Å². The van der Waals surface area contributed by atoms with E-state index in [0.717, 1.165) is 20.8 Å². The number of aromatic nitrogens is 2. The van der Waals surface area contributed by atoms with Crippen LogP contribution in [0.5, 0.6) is 0 Å². The summed E-state index contributed by atoms with van der Waals surface area (Å²) in [4.78, 5) is 10.3. The molecule has 88 valence electrons. The Kier molecular flexibility index (Phi) is 3.78. The average Bonchev–Trinajstić information content (AvgIpc) is 2.32. The van der Waals surface area contributed by atoms with Gasteiger partial charge in [-0.2, -0.15) is 0 Å². The molecule has 0 fully saturated rings. The molecule has 17 heavy (non-hydrogen) atoms. The molecule has 0 spiro atoms. The molecular weight excluding hydrogens is 327 g/mol. The molecule has 5 heteroatoms. The summed E-state index contributed by atoms with van der Waals surface area (Å²) < 4.78 is 0.999. The number of hydrogen-bond acceptors (Lipinski definition) is 4. The van der Waals surface area contributed by atoms with Crippen LogP contribution in [0.1, 0.15) is 0 Å². The molecule has 0 aliphatic rings. The van der Waals surface area contributed by atoms with Gasteiger partial charge in [0.25, 0.3) is 0 Å². The highest BCUT2D eigenvalue weighted by Crippen LogP contribution is 2.27. The van der Waals surface area contributed by atoms with Crippen LogP contribution < -0.4 is 10.2 Å².